The Balaban J connectivity index is 2.06. The largest absolute Gasteiger partial charge is 0.316 e. The van der Waals surface area contributed by atoms with E-state index < -0.39 is 9.84 Å². The Hall–Kier alpha value is -1.67. The van der Waals surface area contributed by atoms with Gasteiger partial charge in [0.25, 0.3) is 0 Å². The van der Waals surface area contributed by atoms with Gasteiger partial charge in [-0.15, -0.1) is 0 Å². The van der Waals surface area contributed by atoms with Crippen molar-refractivity contribution in [2.75, 3.05) is 16.4 Å². The molecule has 0 bridgehead atoms. The summed E-state index contributed by atoms with van der Waals surface area (Å²) in [5, 5.41) is 0.363. The number of Topliss-reactive ketones (excluding diaryl/α,β-unsaturated/α-hetero) is 1. The van der Waals surface area contributed by atoms with Crippen LogP contribution >= 0.6 is 11.8 Å². The van der Waals surface area contributed by atoms with Crippen LogP contribution in [0.5, 0.6) is 0 Å². The fraction of sp³-hybridized carbons (Fsp3) is 0.400. The first-order valence-electron chi connectivity index (χ1n) is 7.13. The second-order valence-corrected chi connectivity index (χ2v) is 9.05. The molecule has 3 rings (SSSR count). The number of hydrogen-bond acceptors (Lipinski definition) is 5. The molecule has 0 spiro atoms. The third-order valence-corrected chi connectivity index (χ3v) is 7.06. The molecule has 0 aliphatic carbocycles. The zero-order valence-electron chi connectivity index (χ0n) is 12.7. The minimum Gasteiger partial charge on any atom is -0.316 e. The highest BCUT2D eigenvalue weighted by atomic mass is 32.2. The highest BCUT2D eigenvalue weighted by Crippen LogP contribution is 2.41. The first-order chi connectivity index (χ1) is 10.8. The second kappa shape index (κ2) is 5.76. The molecule has 1 amide bonds. The number of ketones is 1. The molecule has 6 nitrogen and oxygen atoms in total. The molecular weight excluding hydrogens is 336 g/mol. The van der Waals surface area contributed by atoms with Crippen LogP contribution in [0.4, 0.5) is 5.69 Å². The highest BCUT2D eigenvalue weighted by molar-refractivity contribution is 8.16. The molecule has 0 aromatic heterocycles. The number of amides is 1. The van der Waals surface area contributed by atoms with E-state index in [2.05, 4.69) is 4.99 Å². The number of hydrogen-bond donors (Lipinski definition) is 0. The Labute approximate surface area is 138 Å². The fourth-order valence-electron chi connectivity index (χ4n) is 2.88. The number of aliphatic imine (C=N–C) groups is 1. The van der Waals surface area contributed by atoms with Crippen LogP contribution < -0.4 is 4.90 Å². The van der Waals surface area contributed by atoms with Gasteiger partial charge in [0.2, 0.25) is 5.91 Å². The second-order valence-electron chi connectivity index (χ2n) is 5.69. The van der Waals surface area contributed by atoms with Crippen molar-refractivity contribution >= 4 is 44.1 Å². The van der Waals surface area contributed by atoms with Crippen molar-refractivity contribution in [2.45, 2.75) is 25.1 Å². The molecule has 0 radical (unpaired) electrons. The summed E-state index contributed by atoms with van der Waals surface area (Å²) in [5.41, 5.74) is 1.23. The van der Waals surface area contributed by atoms with Gasteiger partial charge in [-0.3, -0.25) is 9.59 Å². The summed E-state index contributed by atoms with van der Waals surface area (Å²) in [6.07, 6.45) is 0. The number of sulfone groups is 1. The average Bonchev–Trinajstić information content (AvgIpc) is 2.89. The molecule has 2 aliphatic rings. The smallest absolute Gasteiger partial charge is 0.244 e. The third kappa shape index (κ3) is 3.18. The van der Waals surface area contributed by atoms with E-state index in [-0.39, 0.29) is 34.5 Å². The van der Waals surface area contributed by atoms with Crippen molar-refractivity contribution in [1.82, 2.24) is 0 Å². The number of rotatable bonds is 2. The topological polar surface area (TPSA) is 83.9 Å². The van der Waals surface area contributed by atoms with E-state index in [1.165, 1.54) is 25.6 Å². The van der Waals surface area contributed by atoms with E-state index in [1.54, 1.807) is 29.2 Å². The lowest BCUT2D eigenvalue weighted by atomic mass is 10.1. The van der Waals surface area contributed by atoms with E-state index in [9.17, 15) is 18.0 Å². The summed E-state index contributed by atoms with van der Waals surface area (Å²) in [7, 11) is -3.09. The Morgan fingerprint density at radius 2 is 2.00 bits per heavy atom. The maximum Gasteiger partial charge on any atom is 0.244 e. The van der Waals surface area contributed by atoms with Gasteiger partial charge in [0.1, 0.15) is 0 Å². The van der Waals surface area contributed by atoms with Crippen LogP contribution in [0.25, 0.3) is 0 Å². The predicted octanol–water partition coefficient (Wildman–Crippen LogP) is 1.51. The Bertz CT molecular complexity index is 817. The van der Waals surface area contributed by atoms with Crippen molar-refractivity contribution in [3.63, 3.8) is 0 Å². The number of amidine groups is 1. The van der Waals surface area contributed by atoms with E-state index in [0.717, 1.165) is 0 Å². The van der Waals surface area contributed by atoms with Gasteiger partial charge in [-0.25, -0.2) is 8.42 Å². The quantitative estimate of drug-likeness (QED) is 0.750. The molecule has 8 heteroatoms. The van der Waals surface area contributed by atoms with Gasteiger partial charge in [-0.2, -0.15) is 4.99 Å². The zero-order chi connectivity index (χ0) is 16.8. The molecule has 1 aromatic rings. The van der Waals surface area contributed by atoms with Crippen LogP contribution in [0, 0.1) is 0 Å². The van der Waals surface area contributed by atoms with Crippen LogP contribution in [0.3, 0.4) is 0 Å². The molecule has 0 saturated carbocycles. The Kier molecular flexibility index (Phi) is 4.05. The monoisotopic (exact) mass is 352 g/mol. The van der Waals surface area contributed by atoms with Gasteiger partial charge in [-0.1, -0.05) is 23.9 Å². The predicted molar refractivity (Wildman–Crippen MR) is 90.9 cm³/mol. The number of thioether (sulfide) groups is 1. The third-order valence-electron chi connectivity index (χ3n) is 3.85. The summed E-state index contributed by atoms with van der Waals surface area (Å²) >= 11 is 1.32. The normalized spacial score (nSPS) is 27.2. The lowest BCUT2D eigenvalue weighted by molar-refractivity contribution is -0.115. The van der Waals surface area contributed by atoms with Crippen LogP contribution in [-0.2, 0) is 14.6 Å². The molecule has 2 fully saturated rings. The van der Waals surface area contributed by atoms with E-state index in [1.807, 2.05) is 0 Å². The van der Waals surface area contributed by atoms with Crippen molar-refractivity contribution in [3.05, 3.63) is 29.8 Å². The first-order valence-corrected chi connectivity index (χ1v) is 9.83. The maximum absolute atomic E-state index is 11.9. The van der Waals surface area contributed by atoms with Crippen LogP contribution in [-0.4, -0.2) is 48.1 Å². The van der Waals surface area contributed by atoms with Gasteiger partial charge in [0.05, 0.1) is 17.5 Å². The van der Waals surface area contributed by atoms with E-state index in [0.29, 0.717) is 16.4 Å². The minimum absolute atomic E-state index is 0.0336. The van der Waals surface area contributed by atoms with Gasteiger partial charge < -0.3 is 4.90 Å². The summed E-state index contributed by atoms with van der Waals surface area (Å²) in [5.74, 6) is -0.281. The number of fused-ring (bicyclic) bond motifs is 1. The number of benzene rings is 1. The summed E-state index contributed by atoms with van der Waals surface area (Å²) in [6, 6.07) is 6.71. The molecule has 23 heavy (non-hydrogen) atoms. The standard InChI is InChI=1S/C15H16N2O4S2/c1-9(18)11-4-3-5-12(6-11)17-13-7-23(20,21)8-14(13)22-15(17)16-10(2)19/h3-6,13-14H,7-8H2,1-2H3. The first kappa shape index (κ1) is 16.2. The molecule has 2 saturated heterocycles. The van der Waals surface area contributed by atoms with Crippen LogP contribution in [0.1, 0.15) is 24.2 Å². The van der Waals surface area contributed by atoms with Gasteiger partial charge >= 0.3 is 0 Å². The SMILES string of the molecule is CC(=O)N=C1SC2CS(=O)(=O)CC2N1c1cccc(C(C)=O)c1. The summed E-state index contributed by atoms with van der Waals surface area (Å²) in [6.45, 7) is 2.84. The Morgan fingerprint density at radius 3 is 2.65 bits per heavy atom. The molecule has 2 unspecified atom stereocenters. The number of anilines is 1. The van der Waals surface area contributed by atoms with Gasteiger partial charge in [0.15, 0.2) is 20.8 Å². The molecule has 1 aromatic carbocycles. The van der Waals surface area contributed by atoms with Crippen molar-refractivity contribution < 1.29 is 18.0 Å². The van der Waals surface area contributed by atoms with Crippen LogP contribution in [0.2, 0.25) is 0 Å². The zero-order valence-corrected chi connectivity index (χ0v) is 14.4. The maximum atomic E-state index is 11.9. The van der Waals surface area contributed by atoms with Crippen LogP contribution in [0.15, 0.2) is 29.3 Å². The molecule has 122 valence electrons. The lowest BCUT2D eigenvalue weighted by Crippen LogP contribution is -2.37. The van der Waals surface area contributed by atoms with E-state index in [4.69, 9.17) is 0 Å². The minimum atomic E-state index is -3.09. The average molecular weight is 352 g/mol. The molecular formula is C15H16N2O4S2. The number of carbonyl (C=O) groups is 2. The number of nitrogens with zero attached hydrogens (tertiary/aromatic N) is 2. The fourth-order valence-corrected chi connectivity index (χ4v) is 6.83. The highest BCUT2D eigenvalue weighted by Gasteiger charge is 2.49. The van der Waals surface area contributed by atoms with Crippen molar-refractivity contribution in [3.8, 4) is 0 Å². The van der Waals surface area contributed by atoms with E-state index >= 15 is 0 Å². The molecule has 2 aliphatic heterocycles. The molecule has 2 atom stereocenters. The lowest BCUT2D eigenvalue weighted by Gasteiger charge is -2.24. The van der Waals surface area contributed by atoms with Gasteiger partial charge in [0, 0.05) is 23.4 Å². The van der Waals surface area contributed by atoms with Gasteiger partial charge in [-0.05, 0) is 19.1 Å². The molecule has 2 heterocycles. The van der Waals surface area contributed by atoms with Crippen molar-refractivity contribution in [2.24, 2.45) is 4.99 Å². The number of carbonyl (C=O) groups excluding carboxylic acids is 2. The summed E-state index contributed by atoms with van der Waals surface area (Å²) in [4.78, 5) is 28.8. The Morgan fingerprint density at radius 1 is 1.26 bits per heavy atom. The summed E-state index contributed by atoms with van der Waals surface area (Å²) < 4.78 is 23.8. The van der Waals surface area contributed by atoms with Crippen molar-refractivity contribution in [1.29, 1.82) is 0 Å². The molecule has 0 N–H and O–H groups in total.